The molecular formula is C16H18ClN3O4. The molecule has 7 nitrogen and oxygen atoms in total. The number of morpholine rings is 1. The van der Waals surface area contributed by atoms with Crippen LogP contribution in [0.4, 0.5) is 11.4 Å². The van der Waals surface area contributed by atoms with E-state index in [1.807, 2.05) is 0 Å². The minimum absolute atomic E-state index is 0. The molecule has 1 atom stereocenters. The van der Waals surface area contributed by atoms with Crippen LogP contribution in [0.3, 0.4) is 0 Å². The molecule has 1 aromatic heterocycles. The van der Waals surface area contributed by atoms with Crippen LogP contribution >= 0.6 is 12.4 Å². The van der Waals surface area contributed by atoms with Crippen molar-refractivity contribution in [3.05, 3.63) is 48.4 Å². The summed E-state index contributed by atoms with van der Waals surface area (Å²) in [6, 6.07) is 9.75. The maximum absolute atomic E-state index is 12.0. The van der Waals surface area contributed by atoms with Gasteiger partial charge in [0.15, 0.2) is 5.76 Å². The van der Waals surface area contributed by atoms with Gasteiger partial charge in [-0.25, -0.2) is 0 Å². The zero-order valence-corrected chi connectivity index (χ0v) is 13.6. The number of carbonyl (C=O) groups is 2. The molecule has 24 heavy (non-hydrogen) atoms. The highest BCUT2D eigenvalue weighted by atomic mass is 35.5. The molecule has 1 fully saturated rings. The van der Waals surface area contributed by atoms with Crippen LogP contribution in [-0.2, 0) is 9.53 Å². The molecule has 1 unspecified atom stereocenters. The van der Waals surface area contributed by atoms with Gasteiger partial charge in [-0.1, -0.05) is 0 Å². The monoisotopic (exact) mass is 351 g/mol. The summed E-state index contributed by atoms with van der Waals surface area (Å²) in [6.45, 7) is 1.65. The molecule has 8 heteroatoms. The van der Waals surface area contributed by atoms with Crippen molar-refractivity contribution in [3.63, 3.8) is 0 Å². The summed E-state index contributed by atoms with van der Waals surface area (Å²) >= 11 is 0. The first-order valence-corrected chi connectivity index (χ1v) is 7.29. The molecule has 3 N–H and O–H groups in total. The summed E-state index contributed by atoms with van der Waals surface area (Å²) in [4.78, 5) is 23.9. The fourth-order valence-electron chi connectivity index (χ4n) is 2.20. The van der Waals surface area contributed by atoms with Crippen molar-refractivity contribution in [2.75, 3.05) is 30.4 Å². The van der Waals surface area contributed by atoms with Crippen LogP contribution in [-0.4, -0.2) is 37.6 Å². The lowest BCUT2D eigenvalue weighted by atomic mass is 10.2. The van der Waals surface area contributed by atoms with Crippen molar-refractivity contribution in [1.29, 1.82) is 0 Å². The number of furan rings is 1. The Morgan fingerprint density at radius 2 is 1.79 bits per heavy atom. The number of halogens is 1. The Bertz CT molecular complexity index is 667. The van der Waals surface area contributed by atoms with Crippen molar-refractivity contribution in [3.8, 4) is 0 Å². The Labute approximate surface area is 145 Å². The second kappa shape index (κ2) is 8.49. The molecule has 1 aromatic carbocycles. The van der Waals surface area contributed by atoms with E-state index >= 15 is 0 Å². The maximum atomic E-state index is 12.0. The third kappa shape index (κ3) is 4.58. The summed E-state index contributed by atoms with van der Waals surface area (Å²) < 4.78 is 10.3. The average molecular weight is 352 g/mol. The molecule has 3 rings (SSSR count). The van der Waals surface area contributed by atoms with E-state index in [2.05, 4.69) is 16.0 Å². The summed E-state index contributed by atoms with van der Waals surface area (Å²) in [5.74, 6) is -0.224. The van der Waals surface area contributed by atoms with Gasteiger partial charge in [0, 0.05) is 17.9 Å². The first-order valence-electron chi connectivity index (χ1n) is 7.29. The molecule has 0 radical (unpaired) electrons. The van der Waals surface area contributed by atoms with E-state index in [9.17, 15) is 9.59 Å². The minimum atomic E-state index is -0.345. The van der Waals surface area contributed by atoms with Crippen molar-refractivity contribution in [1.82, 2.24) is 5.32 Å². The summed E-state index contributed by atoms with van der Waals surface area (Å²) in [5, 5.41) is 8.61. The highest BCUT2D eigenvalue weighted by Crippen LogP contribution is 2.15. The predicted molar refractivity (Wildman–Crippen MR) is 91.6 cm³/mol. The first kappa shape index (κ1) is 18.0. The largest absolute Gasteiger partial charge is 0.459 e. The Balaban J connectivity index is 0.00000208. The Morgan fingerprint density at radius 3 is 2.38 bits per heavy atom. The lowest BCUT2D eigenvalue weighted by Gasteiger charge is -2.22. The normalized spacial score (nSPS) is 16.8. The van der Waals surface area contributed by atoms with Gasteiger partial charge in [0.25, 0.3) is 5.91 Å². The molecule has 1 aliphatic heterocycles. The Morgan fingerprint density at radius 1 is 1.08 bits per heavy atom. The third-order valence-electron chi connectivity index (χ3n) is 3.39. The van der Waals surface area contributed by atoms with Crippen molar-refractivity contribution < 1.29 is 18.7 Å². The van der Waals surface area contributed by atoms with Gasteiger partial charge in [0.05, 0.1) is 19.5 Å². The van der Waals surface area contributed by atoms with Gasteiger partial charge in [-0.3, -0.25) is 9.59 Å². The molecule has 1 saturated heterocycles. The summed E-state index contributed by atoms with van der Waals surface area (Å²) in [6.07, 6.45) is 1.44. The Hall–Kier alpha value is -2.35. The van der Waals surface area contributed by atoms with E-state index in [-0.39, 0.29) is 36.0 Å². The number of ether oxygens (including phenoxy) is 1. The van der Waals surface area contributed by atoms with Gasteiger partial charge in [-0.15, -0.1) is 12.4 Å². The molecule has 128 valence electrons. The quantitative estimate of drug-likeness (QED) is 0.782. The highest BCUT2D eigenvalue weighted by molar-refractivity contribution is 6.02. The first-order chi connectivity index (χ1) is 11.2. The average Bonchev–Trinajstić information content (AvgIpc) is 3.12. The van der Waals surface area contributed by atoms with Crippen LogP contribution in [0.25, 0.3) is 0 Å². The van der Waals surface area contributed by atoms with Crippen LogP contribution in [0.15, 0.2) is 47.1 Å². The number of benzene rings is 1. The van der Waals surface area contributed by atoms with E-state index in [1.165, 1.54) is 6.26 Å². The number of hydrogen-bond acceptors (Lipinski definition) is 5. The minimum Gasteiger partial charge on any atom is -0.459 e. The van der Waals surface area contributed by atoms with E-state index in [4.69, 9.17) is 9.15 Å². The summed E-state index contributed by atoms with van der Waals surface area (Å²) in [7, 11) is 0. The predicted octanol–water partition coefficient (Wildman–Crippen LogP) is 1.88. The summed E-state index contributed by atoms with van der Waals surface area (Å²) in [5.41, 5.74) is 1.27. The fraction of sp³-hybridized carbons (Fsp3) is 0.250. The lowest BCUT2D eigenvalue weighted by molar-refractivity contribution is -0.120. The third-order valence-corrected chi connectivity index (χ3v) is 3.39. The second-order valence-electron chi connectivity index (χ2n) is 5.08. The molecule has 2 aromatic rings. The SMILES string of the molecule is Cl.O=C(Nc1ccc(NC(=O)C2COCCN2)cc1)c1ccco1. The van der Waals surface area contributed by atoms with Crippen LogP contribution in [0, 0.1) is 0 Å². The van der Waals surface area contributed by atoms with Crippen molar-refractivity contribution >= 4 is 35.6 Å². The molecule has 2 heterocycles. The van der Waals surface area contributed by atoms with Gasteiger partial charge in [0.2, 0.25) is 5.91 Å². The number of amides is 2. The molecular weight excluding hydrogens is 334 g/mol. The second-order valence-corrected chi connectivity index (χ2v) is 5.08. The van der Waals surface area contributed by atoms with Gasteiger partial charge in [-0.05, 0) is 36.4 Å². The smallest absolute Gasteiger partial charge is 0.291 e. The van der Waals surface area contributed by atoms with E-state index < -0.39 is 0 Å². The fourth-order valence-corrected chi connectivity index (χ4v) is 2.20. The number of nitrogens with one attached hydrogen (secondary N) is 3. The van der Waals surface area contributed by atoms with E-state index in [1.54, 1.807) is 36.4 Å². The molecule has 1 aliphatic rings. The maximum Gasteiger partial charge on any atom is 0.291 e. The van der Waals surface area contributed by atoms with Crippen LogP contribution < -0.4 is 16.0 Å². The topological polar surface area (TPSA) is 92.6 Å². The van der Waals surface area contributed by atoms with Crippen molar-refractivity contribution in [2.45, 2.75) is 6.04 Å². The van der Waals surface area contributed by atoms with Crippen molar-refractivity contribution in [2.24, 2.45) is 0 Å². The lowest BCUT2D eigenvalue weighted by Crippen LogP contribution is -2.48. The van der Waals surface area contributed by atoms with Gasteiger partial charge < -0.3 is 25.1 Å². The zero-order valence-electron chi connectivity index (χ0n) is 12.8. The number of rotatable bonds is 4. The Kier molecular flexibility index (Phi) is 6.36. The van der Waals surface area contributed by atoms with Gasteiger partial charge >= 0.3 is 0 Å². The molecule has 2 amide bonds. The molecule has 0 saturated carbocycles. The highest BCUT2D eigenvalue weighted by Gasteiger charge is 2.21. The van der Waals surface area contributed by atoms with Gasteiger partial charge in [-0.2, -0.15) is 0 Å². The van der Waals surface area contributed by atoms with Crippen LogP contribution in [0.2, 0.25) is 0 Å². The molecule has 0 spiro atoms. The van der Waals surface area contributed by atoms with Crippen LogP contribution in [0.1, 0.15) is 10.6 Å². The van der Waals surface area contributed by atoms with Crippen LogP contribution in [0.5, 0.6) is 0 Å². The van der Waals surface area contributed by atoms with Gasteiger partial charge in [0.1, 0.15) is 6.04 Å². The zero-order chi connectivity index (χ0) is 16.1. The molecule has 0 bridgehead atoms. The number of carbonyl (C=O) groups excluding carboxylic acids is 2. The van der Waals surface area contributed by atoms with E-state index in [0.29, 0.717) is 31.1 Å². The number of hydrogen-bond donors (Lipinski definition) is 3. The molecule has 0 aliphatic carbocycles. The number of anilines is 2. The van der Waals surface area contributed by atoms with E-state index in [0.717, 1.165) is 0 Å². The standard InChI is InChI=1S/C16H17N3O4.ClH/c20-15(13-10-22-9-7-17-13)18-11-3-5-12(6-4-11)19-16(21)14-2-1-8-23-14;/h1-6,8,13,17H,7,9-10H2,(H,18,20)(H,19,21);1H.